The normalized spacial score (nSPS) is 11.2. The Morgan fingerprint density at radius 1 is 1.08 bits per heavy atom. The maximum absolute atomic E-state index is 13.4. The molecule has 0 spiro atoms. The quantitative estimate of drug-likeness (QED) is 0.312. The highest BCUT2D eigenvalue weighted by Crippen LogP contribution is 2.36. The van der Waals surface area contributed by atoms with Gasteiger partial charge in [0, 0.05) is 11.8 Å². The van der Waals surface area contributed by atoms with Gasteiger partial charge in [0.15, 0.2) is 5.38 Å². The van der Waals surface area contributed by atoms with Gasteiger partial charge in [-0.25, -0.2) is 14.4 Å². The number of nitrogens with one attached hydrogen (secondary N) is 1. The molecule has 0 fully saturated rings. The Morgan fingerprint density at radius 2 is 1.86 bits per heavy atom. The molecule has 0 aliphatic rings. The summed E-state index contributed by atoms with van der Waals surface area (Å²) >= 11 is 5.65. The summed E-state index contributed by atoms with van der Waals surface area (Å²) in [4.78, 5) is 20.2. The Labute approximate surface area is 211 Å². The number of nitrogen functional groups attached to an aromatic ring is 1. The second-order valence-electron chi connectivity index (χ2n) is 7.49. The van der Waals surface area contributed by atoms with Gasteiger partial charge in [-0.1, -0.05) is 41.9 Å². The zero-order valence-corrected chi connectivity index (χ0v) is 19.4. The first-order chi connectivity index (χ1) is 17.4. The Balaban J connectivity index is 1.52. The number of alkyl halides is 1. The van der Waals surface area contributed by atoms with Crippen molar-refractivity contribution in [3.05, 3.63) is 90.5 Å². The van der Waals surface area contributed by atoms with E-state index in [0.29, 0.717) is 33.9 Å². The lowest BCUT2D eigenvalue weighted by molar-refractivity contribution is -0.115. The summed E-state index contributed by atoms with van der Waals surface area (Å²) in [6.07, 6.45) is 1.28. The minimum atomic E-state index is -1.32. The number of nitriles is 1. The zero-order valence-electron chi connectivity index (χ0n) is 18.7. The fraction of sp³-hybridized carbons (Fsp3) is 0.0769. The molecule has 0 bridgehead atoms. The number of aromatic nitrogens is 2. The van der Waals surface area contributed by atoms with Crippen LogP contribution < -0.4 is 20.5 Å². The van der Waals surface area contributed by atoms with Crippen molar-refractivity contribution in [3.63, 3.8) is 0 Å². The lowest BCUT2D eigenvalue weighted by atomic mass is 10.1. The third kappa shape index (κ3) is 6.05. The maximum atomic E-state index is 13.4. The van der Waals surface area contributed by atoms with Crippen LogP contribution in [0, 0.1) is 17.1 Å². The summed E-state index contributed by atoms with van der Waals surface area (Å²) in [5.74, 6) is 0.382. The molecule has 180 valence electrons. The van der Waals surface area contributed by atoms with Crippen LogP contribution in [0.5, 0.6) is 17.4 Å². The molecule has 0 saturated carbocycles. The molecule has 1 amide bonds. The van der Waals surface area contributed by atoms with Crippen LogP contribution in [0.4, 0.5) is 15.9 Å². The van der Waals surface area contributed by atoms with Gasteiger partial charge in [-0.2, -0.15) is 5.26 Å². The number of halogens is 2. The van der Waals surface area contributed by atoms with E-state index in [0.717, 1.165) is 0 Å². The molecule has 1 aromatic heterocycles. The van der Waals surface area contributed by atoms with Gasteiger partial charge >= 0.3 is 0 Å². The van der Waals surface area contributed by atoms with E-state index >= 15 is 0 Å². The van der Waals surface area contributed by atoms with Gasteiger partial charge in [0.05, 0.1) is 11.6 Å². The van der Waals surface area contributed by atoms with Crippen molar-refractivity contribution in [1.29, 1.82) is 5.26 Å². The first-order valence-electron chi connectivity index (χ1n) is 10.6. The van der Waals surface area contributed by atoms with Crippen LogP contribution >= 0.6 is 11.6 Å². The molecule has 1 heterocycles. The van der Waals surface area contributed by atoms with E-state index < -0.39 is 11.3 Å². The van der Waals surface area contributed by atoms with Crippen molar-refractivity contribution >= 4 is 29.0 Å². The van der Waals surface area contributed by atoms with E-state index in [-0.39, 0.29) is 24.1 Å². The molecule has 0 saturated heterocycles. The first-order valence-corrected chi connectivity index (χ1v) is 11.1. The van der Waals surface area contributed by atoms with E-state index in [2.05, 4.69) is 15.3 Å². The van der Waals surface area contributed by atoms with E-state index in [1.165, 1.54) is 18.5 Å². The Hall–Kier alpha value is -4.68. The number of hydrogen-bond donors (Lipinski definition) is 2. The molecular weight excluding hydrogens is 485 g/mol. The number of anilines is 2. The van der Waals surface area contributed by atoms with Crippen molar-refractivity contribution in [2.45, 2.75) is 12.0 Å². The summed E-state index contributed by atoms with van der Waals surface area (Å²) in [5.41, 5.74) is 8.39. The molecule has 0 aliphatic carbocycles. The van der Waals surface area contributed by atoms with E-state index in [9.17, 15) is 9.18 Å². The van der Waals surface area contributed by atoms with Gasteiger partial charge in [-0.05, 0) is 47.5 Å². The highest BCUT2D eigenvalue weighted by molar-refractivity contribution is 6.34. The van der Waals surface area contributed by atoms with Gasteiger partial charge in [0.25, 0.3) is 5.91 Å². The van der Waals surface area contributed by atoms with Gasteiger partial charge in [-0.15, -0.1) is 0 Å². The fourth-order valence-electron chi connectivity index (χ4n) is 3.26. The summed E-state index contributed by atoms with van der Waals surface area (Å²) in [6.45, 7) is 0.216. The van der Waals surface area contributed by atoms with Crippen molar-refractivity contribution in [3.8, 4) is 34.6 Å². The lowest BCUT2D eigenvalue weighted by Crippen LogP contribution is -2.21. The average Bonchev–Trinajstić information content (AvgIpc) is 2.88. The van der Waals surface area contributed by atoms with Crippen molar-refractivity contribution in [2.24, 2.45) is 0 Å². The highest BCUT2D eigenvalue weighted by Gasteiger charge is 2.16. The highest BCUT2D eigenvalue weighted by atomic mass is 35.5. The smallest absolute Gasteiger partial charge is 0.256 e. The lowest BCUT2D eigenvalue weighted by Gasteiger charge is -2.13. The minimum Gasteiger partial charge on any atom is -0.489 e. The molecule has 1 unspecified atom stereocenters. The van der Waals surface area contributed by atoms with Crippen LogP contribution in [0.25, 0.3) is 11.1 Å². The molecule has 4 rings (SSSR count). The predicted octanol–water partition coefficient (Wildman–Crippen LogP) is 5.31. The number of hydrogen-bond acceptors (Lipinski definition) is 7. The number of rotatable bonds is 8. The number of carbonyl (C=O) groups excluding carboxylic acids is 1. The third-order valence-corrected chi connectivity index (χ3v) is 5.23. The molecule has 10 heteroatoms. The standard InChI is InChI=1S/C26H19ClFN5O3/c27-22(13-29)25(34)33-19-5-2-6-21(12-19)36-26-23(24(30)31-15-32-26)17-7-9-20(10-8-17)35-14-16-3-1-4-18(28)11-16/h1-12,15,22H,14H2,(H,33,34)(H2,30,31,32). The number of carbonyl (C=O) groups is 1. The number of ether oxygens (including phenoxy) is 2. The fourth-order valence-corrected chi connectivity index (χ4v) is 3.31. The molecule has 3 N–H and O–H groups in total. The third-order valence-electron chi connectivity index (χ3n) is 4.94. The molecule has 4 aromatic rings. The first kappa shape index (κ1) is 24.4. The SMILES string of the molecule is N#CC(Cl)C(=O)Nc1cccc(Oc2ncnc(N)c2-c2ccc(OCc3cccc(F)c3)cc2)c1. The number of nitrogens with zero attached hydrogens (tertiary/aromatic N) is 3. The molecule has 3 aromatic carbocycles. The maximum Gasteiger partial charge on any atom is 0.256 e. The zero-order chi connectivity index (χ0) is 25.5. The molecule has 1 atom stereocenters. The number of amides is 1. The Morgan fingerprint density at radius 3 is 2.61 bits per heavy atom. The largest absolute Gasteiger partial charge is 0.489 e. The van der Waals surface area contributed by atoms with Crippen LogP contribution in [0.1, 0.15) is 5.56 Å². The van der Waals surface area contributed by atoms with Crippen LogP contribution in [0.2, 0.25) is 0 Å². The van der Waals surface area contributed by atoms with Crippen LogP contribution in [-0.2, 0) is 11.4 Å². The monoisotopic (exact) mass is 503 g/mol. The van der Waals surface area contributed by atoms with E-state index in [4.69, 9.17) is 32.1 Å². The molecule has 0 aliphatic heterocycles. The van der Waals surface area contributed by atoms with E-state index in [1.807, 2.05) is 0 Å². The number of benzene rings is 3. The van der Waals surface area contributed by atoms with Gasteiger partial charge in [0.1, 0.15) is 36.1 Å². The second kappa shape index (κ2) is 11.2. The minimum absolute atomic E-state index is 0.201. The van der Waals surface area contributed by atoms with Crippen LogP contribution in [0.15, 0.2) is 79.1 Å². The number of nitrogens with two attached hydrogens (primary N) is 1. The predicted molar refractivity (Wildman–Crippen MR) is 133 cm³/mol. The molecule has 8 nitrogen and oxygen atoms in total. The van der Waals surface area contributed by atoms with Gasteiger partial charge < -0.3 is 20.5 Å². The van der Waals surface area contributed by atoms with E-state index in [1.54, 1.807) is 66.7 Å². The summed E-state index contributed by atoms with van der Waals surface area (Å²) < 4.78 is 25.1. The molecular formula is C26H19ClFN5O3. The van der Waals surface area contributed by atoms with Crippen LogP contribution in [0.3, 0.4) is 0 Å². The van der Waals surface area contributed by atoms with Crippen molar-refractivity contribution < 1.29 is 18.7 Å². The Bertz CT molecular complexity index is 1430. The Kier molecular flexibility index (Phi) is 7.58. The van der Waals surface area contributed by atoms with Gasteiger partial charge in [-0.3, -0.25) is 4.79 Å². The van der Waals surface area contributed by atoms with Crippen molar-refractivity contribution in [1.82, 2.24) is 9.97 Å². The molecule has 36 heavy (non-hydrogen) atoms. The summed E-state index contributed by atoms with van der Waals surface area (Å²) in [7, 11) is 0. The van der Waals surface area contributed by atoms with Gasteiger partial charge in [0.2, 0.25) is 5.88 Å². The second-order valence-corrected chi connectivity index (χ2v) is 7.93. The molecule has 0 radical (unpaired) electrons. The average molecular weight is 504 g/mol. The van der Waals surface area contributed by atoms with Crippen molar-refractivity contribution in [2.75, 3.05) is 11.1 Å². The summed E-state index contributed by atoms with van der Waals surface area (Å²) in [5, 5.41) is 10.0. The summed E-state index contributed by atoms with van der Waals surface area (Å²) in [6, 6.07) is 21.4. The topological polar surface area (TPSA) is 123 Å². The van der Waals surface area contributed by atoms with Crippen LogP contribution in [-0.4, -0.2) is 21.3 Å².